The van der Waals surface area contributed by atoms with Crippen molar-refractivity contribution in [2.24, 2.45) is 5.92 Å². The molecule has 1 aromatic rings. The third kappa shape index (κ3) is 3.90. The van der Waals surface area contributed by atoms with E-state index in [4.69, 9.17) is 9.47 Å². The molecule has 0 aromatic heterocycles. The van der Waals surface area contributed by atoms with Crippen molar-refractivity contribution in [2.45, 2.75) is 51.4 Å². The fourth-order valence-corrected chi connectivity index (χ4v) is 3.81. The Morgan fingerprint density at radius 3 is 2.75 bits per heavy atom. The lowest BCUT2D eigenvalue weighted by Crippen LogP contribution is -2.47. The van der Waals surface area contributed by atoms with E-state index in [1.54, 1.807) is 7.11 Å². The number of fused-ring (bicyclic) bond motifs is 1. The molecule has 5 nitrogen and oxygen atoms in total. The van der Waals surface area contributed by atoms with Crippen LogP contribution in [0.4, 0.5) is 0 Å². The second kappa shape index (κ2) is 7.53. The first-order valence-corrected chi connectivity index (χ1v) is 8.85. The lowest BCUT2D eigenvalue weighted by Gasteiger charge is -2.37. The van der Waals surface area contributed by atoms with E-state index in [0.717, 1.165) is 38.3 Å². The van der Waals surface area contributed by atoms with E-state index in [1.165, 1.54) is 5.56 Å². The van der Waals surface area contributed by atoms with E-state index in [1.807, 2.05) is 26.0 Å². The standard InChI is InChI=1S/C19H28N2O3/c1-13(2)20-19(22)15-10-17-18(11-15)24-9-8-21(17)12-14-4-6-16(23-3)7-5-14/h4-7,13,15,17-18H,8-12H2,1-3H3,(H,20,22)/t15-,17+,18+/m0/s1. The van der Waals surface area contributed by atoms with Crippen molar-refractivity contribution in [3.63, 3.8) is 0 Å². The van der Waals surface area contributed by atoms with Crippen LogP contribution in [0.3, 0.4) is 0 Å². The number of ether oxygens (including phenoxy) is 2. The van der Waals surface area contributed by atoms with Crippen LogP contribution >= 0.6 is 0 Å². The van der Waals surface area contributed by atoms with Crippen molar-refractivity contribution in [1.82, 2.24) is 10.2 Å². The number of carbonyl (C=O) groups excluding carboxylic acids is 1. The van der Waals surface area contributed by atoms with Gasteiger partial charge in [0.1, 0.15) is 5.75 Å². The zero-order valence-corrected chi connectivity index (χ0v) is 14.8. The highest BCUT2D eigenvalue weighted by atomic mass is 16.5. The molecule has 1 saturated carbocycles. The van der Waals surface area contributed by atoms with Gasteiger partial charge in [-0.2, -0.15) is 0 Å². The van der Waals surface area contributed by atoms with E-state index in [2.05, 4.69) is 22.3 Å². The maximum Gasteiger partial charge on any atom is 0.223 e. The third-order valence-corrected chi connectivity index (χ3v) is 5.00. The van der Waals surface area contributed by atoms with Crippen molar-refractivity contribution in [2.75, 3.05) is 20.3 Å². The minimum absolute atomic E-state index is 0.0684. The molecule has 0 spiro atoms. The molecule has 0 bridgehead atoms. The minimum atomic E-state index is 0.0684. The monoisotopic (exact) mass is 332 g/mol. The summed E-state index contributed by atoms with van der Waals surface area (Å²) in [5, 5.41) is 3.04. The summed E-state index contributed by atoms with van der Waals surface area (Å²) in [5.41, 5.74) is 1.27. The Morgan fingerprint density at radius 1 is 1.33 bits per heavy atom. The molecule has 3 rings (SSSR count). The molecule has 1 aromatic carbocycles. The van der Waals surface area contributed by atoms with Crippen LogP contribution in [0.1, 0.15) is 32.3 Å². The quantitative estimate of drug-likeness (QED) is 0.898. The number of amides is 1. The van der Waals surface area contributed by atoms with Crippen LogP contribution in [-0.2, 0) is 16.1 Å². The number of nitrogens with zero attached hydrogens (tertiary/aromatic N) is 1. The maximum atomic E-state index is 12.3. The molecule has 1 saturated heterocycles. The average Bonchev–Trinajstić information content (AvgIpc) is 3.00. The number of hydrogen-bond donors (Lipinski definition) is 1. The largest absolute Gasteiger partial charge is 0.497 e. The zero-order valence-electron chi connectivity index (χ0n) is 14.8. The Bertz CT molecular complexity index is 558. The molecule has 1 amide bonds. The molecular formula is C19H28N2O3. The lowest BCUT2D eigenvalue weighted by atomic mass is 10.1. The molecule has 3 atom stereocenters. The molecule has 0 radical (unpaired) electrons. The first kappa shape index (κ1) is 17.2. The van der Waals surface area contributed by atoms with Gasteiger partial charge in [-0.1, -0.05) is 12.1 Å². The normalized spacial score (nSPS) is 27.1. The zero-order chi connectivity index (χ0) is 17.1. The number of methoxy groups -OCH3 is 1. The highest BCUT2D eigenvalue weighted by molar-refractivity contribution is 5.79. The number of benzene rings is 1. The molecule has 132 valence electrons. The molecule has 2 fully saturated rings. The Kier molecular flexibility index (Phi) is 5.41. The van der Waals surface area contributed by atoms with E-state index in [0.29, 0.717) is 6.04 Å². The Balaban J connectivity index is 1.63. The van der Waals surface area contributed by atoms with Crippen LogP contribution in [0.15, 0.2) is 24.3 Å². The fraction of sp³-hybridized carbons (Fsp3) is 0.632. The number of rotatable bonds is 5. The molecule has 2 aliphatic rings. The smallest absolute Gasteiger partial charge is 0.223 e. The van der Waals surface area contributed by atoms with E-state index >= 15 is 0 Å². The van der Waals surface area contributed by atoms with E-state index in [9.17, 15) is 4.79 Å². The third-order valence-electron chi connectivity index (χ3n) is 5.00. The molecule has 24 heavy (non-hydrogen) atoms. The molecule has 0 unspecified atom stereocenters. The van der Waals surface area contributed by atoms with Gasteiger partial charge in [-0.15, -0.1) is 0 Å². The summed E-state index contributed by atoms with van der Waals surface area (Å²) in [6, 6.07) is 8.75. The predicted octanol–water partition coefficient (Wildman–Crippen LogP) is 2.20. The summed E-state index contributed by atoms with van der Waals surface area (Å²) >= 11 is 0. The molecule has 5 heteroatoms. The van der Waals surface area contributed by atoms with Gasteiger partial charge < -0.3 is 14.8 Å². The topological polar surface area (TPSA) is 50.8 Å². The number of hydrogen-bond acceptors (Lipinski definition) is 4. The highest BCUT2D eigenvalue weighted by Gasteiger charge is 2.43. The van der Waals surface area contributed by atoms with Gasteiger partial charge in [-0.25, -0.2) is 0 Å². The summed E-state index contributed by atoms with van der Waals surface area (Å²) in [5.74, 6) is 1.12. The van der Waals surface area contributed by atoms with Crippen LogP contribution in [0.25, 0.3) is 0 Å². The number of carbonyl (C=O) groups is 1. The van der Waals surface area contributed by atoms with Gasteiger partial charge in [-0.05, 0) is 44.4 Å². The first-order valence-electron chi connectivity index (χ1n) is 8.85. The predicted molar refractivity (Wildman–Crippen MR) is 92.9 cm³/mol. The second-order valence-corrected chi connectivity index (χ2v) is 7.13. The van der Waals surface area contributed by atoms with Crippen LogP contribution in [0, 0.1) is 5.92 Å². The van der Waals surface area contributed by atoms with Gasteiger partial charge in [-0.3, -0.25) is 9.69 Å². The SMILES string of the molecule is COc1ccc(CN2CCO[C@@H]3C[C@@H](C(=O)NC(C)C)C[C@H]32)cc1. The van der Waals surface area contributed by atoms with Gasteiger partial charge in [0.25, 0.3) is 0 Å². The Hall–Kier alpha value is -1.59. The Morgan fingerprint density at radius 2 is 2.08 bits per heavy atom. The molecule has 1 aliphatic carbocycles. The van der Waals surface area contributed by atoms with Crippen LogP contribution < -0.4 is 10.1 Å². The summed E-state index contributed by atoms with van der Waals surface area (Å²) < 4.78 is 11.2. The van der Waals surface area contributed by atoms with Gasteiger partial charge in [0.15, 0.2) is 0 Å². The molecule has 1 aliphatic heterocycles. The molecule has 1 N–H and O–H groups in total. The van der Waals surface area contributed by atoms with Crippen molar-refractivity contribution < 1.29 is 14.3 Å². The van der Waals surface area contributed by atoms with E-state index < -0.39 is 0 Å². The summed E-state index contributed by atoms with van der Waals surface area (Å²) in [6.45, 7) is 6.58. The second-order valence-electron chi connectivity index (χ2n) is 7.13. The molecule has 1 heterocycles. The van der Waals surface area contributed by atoms with Crippen LogP contribution in [0.2, 0.25) is 0 Å². The van der Waals surface area contributed by atoms with Gasteiger partial charge in [0, 0.05) is 31.1 Å². The summed E-state index contributed by atoms with van der Waals surface area (Å²) in [7, 11) is 1.68. The summed E-state index contributed by atoms with van der Waals surface area (Å²) in [4.78, 5) is 14.8. The summed E-state index contributed by atoms with van der Waals surface area (Å²) in [6.07, 6.45) is 1.90. The maximum absolute atomic E-state index is 12.3. The molecular weight excluding hydrogens is 304 g/mol. The minimum Gasteiger partial charge on any atom is -0.497 e. The van der Waals surface area contributed by atoms with Gasteiger partial charge >= 0.3 is 0 Å². The fourth-order valence-electron chi connectivity index (χ4n) is 3.81. The highest BCUT2D eigenvalue weighted by Crippen LogP contribution is 2.35. The lowest BCUT2D eigenvalue weighted by molar-refractivity contribution is -0.125. The van der Waals surface area contributed by atoms with Crippen molar-refractivity contribution in [3.8, 4) is 5.75 Å². The van der Waals surface area contributed by atoms with Gasteiger partial charge in [0.2, 0.25) is 5.91 Å². The van der Waals surface area contributed by atoms with Crippen LogP contribution in [0.5, 0.6) is 5.75 Å². The first-order chi connectivity index (χ1) is 11.6. The van der Waals surface area contributed by atoms with Gasteiger partial charge in [0.05, 0.1) is 19.8 Å². The number of nitrogens with one attached hydrogen (secondary N) is 1. The average molecular weight is 332 g/mol. The van der Waals surface area contributed by atoms with E-state index in [-0.39, 0.29) is 24.0 Å². The van der Waals surface area contributed by atoms with Crippen molar-refractivity contribution >= 4 is 5.91 Å². The Labute approximate surface area is 144 Å². The van der Waals surface area contributed by atoms with Crippen LogP contribution in [-0.4, -0.2) is 49.3 Å². The van der Waals surface area contributed by atoms with Crippen molar-refractivity contribution in [3.05, 3.63) is 29.8 Å². The van der Waals surface area contributed by atoms with Crippen molar-refractivity contribution in [1.29, 1.82) is 0 Å². The number of morpholine rings is 1.